The number of amides is 1. The standard InChI is InChI=1S/C13H17N3O4/c1-14-7-10-11(13(14)17)12(20-15(10)2)8-3-5-9(6-4-8)16(18)19/h3-6,10-12,16,18H,7H2,1-2H3. The average molecular weight is 279 g/mol. The minimum Gasteiger partial charge on any atom is -0.595 e. The van der Waals surface area contributed by atoms with Crippen molar-refractivity contribution in [2.45, 2.75) is 12.1 Å². The monoisotopic (exact) mass is 279 g/mol. The fourth-order valence-corrected chi connectivity index (χ4v) is 2.98. The molecule has 7 nitrogen and oxygen atoms in total. The quantitative estimate of drug-likeness (QED) is 0.711. The van der Waals surface area contributed by atoms with Crippen LogP contribution >= 0.6 is 0 Å². The Morgan fingerprint density at radius 3 is 2.60 bits per heavy atom. The van der Waals surface area contributed by atoms with Crippen LogP contribution in [-0.2, 0) is 9.63 Å². The summed E-state index contributed by atoms with van der Waals surface area (Å²) < 4.78 is 0. The lowest BCUT2D eigenvalue weighted by Gasteiger charge is -2.20. The number of fused-ring (bicyclic) bond motifs is 1. The fraction of sp³-hybridized carbons (Fsp3) is 0.462. The summed E-state index contributed by atoms with van der Waals surface area (Å²) in [4.78, 5) is 19.7. The van der Waals surface area contributed by atoms with Gasteiger partial charge in [-0.15, -0.1) is 0 Å². The molecular formula is C13H17N3O4. The molecule has 0 bridgehead atoms. The Hall–Kier alpha value is -1.51. The van der Waals surface area contributed by atoms with Gasteiger partial charge >= 0.3 is 0 Å². The lowest BCUT2D eigenvalue weighted by atomic mass is 9.92. The van der Waals surface area contributed by atoms with Crippen LogP contribution in [0.25, 0.3) is 0 Å². The van der Waals surface area contributed by atoms with Gasteiger partial charge in [-0.25, -0.2) is 5.21 Å². The zero-order valence-corrected chi connectivity index (χ0v) is 11.3. The predicted octanol–water partition coefficient (Wildman–Crippen LogP) is -0.535. The molecule has 2 heterocycles. The SMILES string of the molecule is CN1CC2C(C1=O)C(c1ccc([NH+]([O-])O)cc1)ON2C. The number of hydrogen-bond acceptors (Lipinski definition) is 5. The first kappa shape index (κ1) is 13.5. The third-order valence-corrected chi connectivity index (χ3v) is 4.10. The number of nitrogens with one attached hydrogen (secondary N) is 1. The third-order valence-electron chi connectivity index (χ3n) is 4.10. The Kier molecular flexibility index (Phi) is 3.23. The average Bonchev–Trinajstić information content (AvgIpc) is 2.90. The molecule has 0 radical (unpaired) electrons. The second-order valence-corrected chi connectivity index (χ2v) is 5.31. The smallest absolute Gasteiger partial charge is 0.230 e. The van der Waals surface area contributed by atoms with Crippen LogP contribution in [0.5, 0.6) is 0 Å². The number of likely N-dealkylation sites (N-methyl/N-ethyl adjacent to an activating group) is 2. The first-order chi connectivity index (χ1) is 9.49. The van der Waals surface area contributed by atoms with Crippen LogP contribution in [0.4, 0.5) is 5.69 Å². The molecule has 4 atom stereocenters. The van der Waals surface area contributed by atoms with Crippen LogP contribution in [0.2, 0.25) is 0 Å². The summed E-state index contributed by atoms with van der Waals surface area (Å²) in [6.45, 7) is 0.656. The van der Waals surface area contributed by atoms with Gasteiger partial charge in [0.2, 0.25) is 5.91 Å². The summed E-state index contributed by atoms with van der Waals surface area (Å²) >= 11 is 0. The number of carbonyl (C=O) groups is 1. The van der Waals surface area contributed by atoms with Gasteiger partial charge in [-0.3, -0.25) is 9.63 Å². The molecule has 0 spiro atoms. The van der Waals surface area contributed by atoms with E-state index in [-0.39, 0.29) is 29.7 Å². The molecule has 4 unspecified atom stereocenters. The zero-order chi connectivity index (χ0) is 14.4. The number of rotatable bonds is 2. The Morgan fingerprint density at radius 1 is 1.35 bits per heavy atom. The molecule has 0 saturated carbocycles. The maximum absolute atomic E-state index is 12.2. The van der Waals surface area contributed by atoms with E-state index < -0.39 is 5.23 Å². The normalized spacial score (nSPS) is 31.7. The molecule has 0 aromatic heterocycles. The van der Waals surface area contributed by atoms with Crippen molar-refractivity contribution in [1.82, 2.24) is 9.96 Å². The van der Waals surface area contributed by atoms with E-state index in [1.165, 1.54) is 12.1 Å². The second kappa shape index (κ2) is 4.80. The molecule has 20 heavy (non-hydrogen) atoms. The van der Waals surface area contributed by atoms with Crippen molar-refractivity contribution in [2.75, 3.05) is 20.6 Å². The van der Waals surface area contributed by atoms with Crippen LogP contribution in [0.3, 0.4) is 0 Å². The molecule has 1 amide bonds. The topological polar surface area (TPSA) is 80.5 Å². The van der Waals surface area contributed by atoms with Crippen LogP contribution in [0, 0.1) is 11.1 Å². The van der Waals surface area contributed by atoms with Gasteiger partial charge in [0.25, 0.3) is 0 Å². The highest BCUT2D eigenvalue weighted by molar-refractivity contribution is 5.83. The summed E-state index contributed by atoms with van der Waals surface area (Å²) in [7, 11) is 3.62. The van der Waals surface area contributed by atoms with E-state index >= 15 is 0 Å². The number of hydrogen-bond donors (Lipinski definition) is 2. The van der Waals surface area contributed by atoms with E-state index in [9.17, 15) is 10.0 Å². The number of carbonyl (C=O) groups excluding carboxylic acids is 1. The highest BCUT2D eigenvalue weighted by Crippen LogP contribution is 2.42. The van der Waals surface area contributed by atoms with Crippen molar-refractivity contribution in [3.05, 3.63) is 35.0 Å². The first-order valence-corrected chi connectivity index (χ1v) is 6.47. The highest BCUT2D eigenvalue weighted by Gasteiger charge is 2.52. The van der Waals surface area contributed by atoms with Gasteiger partial charge in [0.05, 0.1) is 12.0 Å². The maximum Gasteiger partial charge on any atom is 0.230 e. The minimum atomic E-state index is -0.962. The van der Waals surface area contributed by atoms with Gasteiger partial charge in [-0.2, -0.15) is 10.3 Å². The molecular weight excluding hydrogens is 262 g/mol. The number of likely N-dealkylation sites (tertiary alicyclic amines) is 1. The van der Waals surface area contributed by atoms with Gasteiger partial charge in [-0.1, -0.05) is 12.1 Å². The van der Waals surface area contributed by atoms with Gasteiger partial charge in [0, 0.05) is 32.8 Å². The Bertz CT molecular complexity index is 519. The summed E-state index contributed by atoms with van der Waals surface area (Å²) in [5, 5.41) is 20.5. The molecule has 7 heteroatoms. The van der Waals surface area contributed by atoms with Crippen molar-refractivity contribution in [1.29, 1.82) is 0 Å². The number of quaternary nitrogens is 1. The molecule has 2 aliphatic rings. The highest BCUT2D eigenvalue weighted by atomic mass is 16.8. The van der Waals surface area contributed by atoms with E-state index in [1.54, 1.807) is 29.1 Å². The number of nitrogens with zero attached hydrogens (tertiary/aromatic N) is 2. The van der Waals surface area contributed by atoms with E-state index in [2.05, 4.69) is 0 Å². The maximum atomic E-state index is 12.2. The zero-order valence-electron chi connectivity index (χ0n) is 11.3. The molecule has 2 N–H and O–H groups in total. The van der Waals surface area contributed by atoms with Gasteiger partial charge in [-0.05, 0) is 5.56 Å². The second-order valence-electron chi connectivity index (χ2n) is 5.31. The van der Waals surface area contributed by atoms with E-state index in [0.29, 0.717) is 6.54 Å². The summed E-state index contributed by atoms with van der Waals surface area (Å²) in [5.74, 6) is -0.146. The lowest BCUT2D eigenvalue weighted by Crippen LogP contribution is -2.99. The van der Waals surface area contributed by atoms with Crippen molar-refractivity contribution in [3.8, 4) is 0 Å². The molecule has 2 fully saturated rings. The summed E-state index contributed by atoms with van der Waals surface area (Å²) in [6.07, 6.45) is -0.342. The van der Waals surface area contributed by atoms with E-state index in [1.807, 2.05) is 7.05 Å². The van der Waals surface area contributed by atoms with Crippen molar-refractivity contribution >= 4 is 11.6 Å². The Morgan fingerprint density at radius 2 is 2.00 bits per heavy atom. The van der Waals surface area contributed by atoms with Crippen molar-refractivity contribution in [3.63, 3.8) is 0 Å². The molecule has 2 aliphatic heterocycles. The fourth-order valence-electron chi connectivity index (χ4n) is 2.98. The summed E-state index contributed by atoms with van der Waals surface area (Å²) in [5.41, 5.74) is 1.06. The molecule has 0 aliphatic carbocycles. The minimum absolute atomic E-state index is 0.0525. The van der Waals surface area contributed by atoms with Gasteiger partial charge < -0.3 is 10.1 Å². The van der Waals surface area contributed by atoms with E-state index in [4.69, 9.17) is 10.0 Å². The van der Waals surface area contributed by atoms with Crippen LogP contribution in [0.1, 0.15) is 11.7 Å². The Balaban J connectivity index is 1.88. The van der Waals surface area contributed by atoms with E-state index in [0.717, 1.165) is 5.56 Å². The van der Waals surface area contributed by atoms with Crippen LogP contribution in [0.15, 0.2) is 24.3 Å². The van der Waals surface area contributed by atoms with Crippen LogP contribution < -0.4 is 5.23 Å². The Labute approximate surface area is 116 Å². The number of benzene rings is 1. The number of hydroxylamine groups is 2. The lowest BCUT2D eigenvalue weighted by molar-refractivity contribution is -0.991. The molecule has 3 rings (SSSR count). The third kappa shape index (κ3) is 2.00. The van der Waals surface area contributed by atoms with Gasteiger partial charge in [0.15, 0.2) is 5.69 Å². The molecule has 108 valence electrons. The van der Waals surface area contributed by atoms with Gasteiger partial charge in [0.1, 0.15) is 6.10 Å². The predicted molar refractivity (Wildman–Crippen MR) is 68.7 cm³/mol. The molecule has 2 saturated heterocycles. The summed E-state index contributed by atoms with van der Waals surface area (Å²) in [6, 6.07) is 6.57. The molecule has 1 aromatic rings. The van der Waals surface area contributed by atoms with Crippen LogP contribution in [-0.4, -0.2) is 47.8 Å². The molecule has 1 aromatic carbocycles. The van der Waals surface area contributed by atoms with Crippen molar-refractivity contribution < 1.29 is 20.1 Å². The first-order valence-electron chi connectivity index (χ1n) is 6.47. The largest absolute Gasteiger partial charge is 0.595 e. The van der Waals surface area contributed by atoms with Crippen molar-refractivity contribution in [2.24, 2.45) is 5.92 Å².